The van der Waals surface area contributed by atoms with Gasteiger partial charge in [-0.1, -0.05) is 12.1 Å². The van der Waals surface area contributed by atoms with E-state index in [0.717, 1.165) is 31.3 Å². The number of hydrogen-bond donors (Lipinski definition) is 1. The molecule has 2 aromatic carbocycles. The number of carbonyl (C=O) groups excluding carboxylic acids is 1. The van der Waals surface area contributed by atoms with Gasteiger partial charge in [0.2, 0.25) is 0 Å². The number of halogens is 1. The van der Waals surface area contributed by atoms with Gasteiger partial charge in [0.1, 0.15) is 24.8 Å². The van der Waals surface area contributed by atoms with Gasteiger partial charge in [0.15, 0.2) is 11.5 Å². The maximum Gasteiger partial charge on any atom is 0.161 e. The number of benzene rings is 2. The molecule has 3 rings (SSSR count). The molecule has 1 aliphatic rings. The SMILES string of the molecule is CCOc1cc(C=O)ccc1OCC(O)CN(Cc1ccc(F)cc1)CC1CCCO1. The molecule has 0 spiro atoms. The molecule has 1 heterocycles. The molecule has 6 nitrogen and oxygen atoms in total. The average molecular weight is 432 g/mol. The van der Waals surface area contributed by atoms with Gasteiger partial charge in [-0.3, -0.25) is 9.69 Å². The molecule has 2 aromatic rings. The lowest BCUT2D eigenvalue weighted by atomic mass is 10.1. The van der Waals surface area contributed by atoms with E-state index in [0.29, 0.717) is 43.3 Å². The molecule has 0 saturated carbocycles. The zero-order valence-electron chi connectivity index (χ0n) is 17.8. The van der Waals surface area contributed by atoms with Crippen LogP contribution in [0.5, 0.6) is 11.5 Å². The second-order valence-corrected chi connectivity index (χ2v) is 7.68. The predicted octanol–water partition coefficient (Wildman–Crippen LogP) is 3.46. The molecule has 0 aromatic heterocycles. The van der Waals surface area contributed by atoms with Crippen molar-refractivity contribution in [2.75, 3.05) is 32.9 Å². The Labute approximate surface area is 182 Å². The summed E-state index contributed by atoms with van der Waals surface area (Å²) < 4.78 is 30.3. The van der Waals surface area contributed by atoms with Crippen LogP contribution >= 0.6 is 0 Å². The standard InChI is InChI=1S/C24H30FNO5/c1-2-29-24-12-19(16-27)7-10-23(24)31-17-21(28)14-26(15-22-4-3-11-30-22)13-18-5-8-20(25)9-6-18/h5-10,12,16,21-22,28H,2-4,11,13-15,17H2,1H3. The second-order valence-electron chi connectivity index (χ2n) is 7.68. The van der Waals surface area contributed by atoms with Crippen molar-refractivity contribution in [3.05, 3.63) is 59.4 Å². The fourth-order valence-electron chi connectivity index (χ4n) is 3.65. The highest BCUT2D eigenvalue weighted by Gasteiger charge is 2.22. The highest BCUT2D eigenvalue weighted by atomic mass is 19.1. The Balaban J connectivity index is 1.60. The van der Waals surface area contributed by atoms with Crippen LogP contribution in [0, 0.1) is 5.82 Å². The van der Waals surface area contributed by atoms with Gasteiger partial charge in [0, 0.05) is 31.8 Å². The molecule has 1 N–H and O–H groups in total. The van der Waals surface area contributed by atoms with Crippen molar-refractivity contribution in [2.45, 2.75) is 38.5 Å². The van der Waals surface area contributed by atoms with Crippen LogP contribution in [-0.2, 0) is 11.3 Å². The molecule has 2 unspecified atom stereocenters. The number of aliphatic hydroxyl groups is 1. The van der Waals surface area contributed by atoms with E-state index < -0.39 is 6.10 Å². The summed E-state index contributed by atoms with van der Waals surface area (Å²) >= 11 is 0. The first kappa shape index (κ1) is 23.2. The lowest BCUT2D eigenvalue weighted by Gasteiger charge is -2.27. The van der Waals surface area contributed by atoms with Gasteiger partial charge in [0.25, 0.3) is 0 Å². The summed E-state index contributed by atoms with van der Waals surface area (Å²) in [4.78, 5) is 13.1. The van der Waals surface area contributed by atoms with Crippen LogP contribution in [-0.4, -0.2) is 61.4 Å². The Kier molecular flexibility index (Phi) is 8.82. The highest BCUT2D eigenvalue weighted by molar-refractivity contribution is 5.76. The van der Waals surface area contributed by atoms with Gasteiger partial charge >= 0.3 is 0 Å². The van der Waals surface area contributed by atoms with Crippen LogP contribution in [0.2, 0.25) is 0 Å². The lowest BCUT2D eigenvalue weighted by Crippen LogP contribution is -2.39. The molecule has 0 radical (unpaired) electrons. The maximum atomic E-state index is 13.2. The van der Waals surface area contributed by atoms with Crippen molar-refractivity contribution in [3.63, 3.8) is 0 Å². The van der Waals surface area contributed by atoms with Crippen molar-refractivity contribution >= 4 is 6.29 Å². The molecule has 168 valence electrons. The third kappa shape index (κ3) is 7.31. The summed E-state index contributed by atoms with van der Waals surface area (Å²) in [6.07, 6.45) is 2.17. The largest absolute Gasteiger partial charge is 0.490 e. The zero-order chi connectivity index (χ0) is 22.1. The topological polar surface area (TPSA) is 68.2 Å². The normalized spacial score (nSPS) is 17.0. The van der Waals surface area contributed by atoms with E-state index in [9.17, 15) is 14.3 Å². The van der Waals surface area contributed by atoms with Gasteiger partial charge < -0.3 is 19.3 Å². The minimum absolute atomic E-state index is 0.0753. The smallest absolute Gasteiger partial charge is 0.161 e. The monoisotopic (exact) mass is 431 g/mol. The highest BCUT2D eigenvalue weighted by Crippen LogP contribution is 2.28. The molecule has 1 aliphatic heterocycles. The second kappa shape index (κ2) is 11.8. The van der Waals surface area contributed by atoms with Crippen molar-refractivity contribution in [3.8, 4) is 11.5 Å². The first-order valence-corrected chi connectivity index (χ1v) is 10.7. The Bertz CT molecular complexity index is 823. The van der Waals surface area contributed by atoms with Crippen LogP contribution < -0.4 is 9.47 Å². The van der Waals surface area contributed by atoms with E-state index in [-0.39, 0.29) is 18.5 Å². The molecular formula is C24H30FNO5. The van der Waals surface area contributed by atoms with Crippen LogP contribution in [0.25, 0.3) is 0 Å². The predicted molar refractivity (Wildman–Crippen MR) is 115 cm³/mol. The Hall–Kier alpha value is -2.48. The molecule has 7 heteroatoms. The van der Waals surface area contributed by atoms with Crippen molar-refractivity contribution in [2.24, 2.45) is 0 Å². The minimum atomic E-state index is -0.748. The number of carbonyl (C=O) groups is 1. The Morgan fingerprint density at radius 2 is 2.03 bits per heavy atom. The molecule has 0 aliphatic carbocycles. The van der Waals surface area contributed by atoms with E-state index in [2.05, 4.69) is 4.90 Å². The molecule has 1 fully saturated rings. The average Bonchev–Trinajstić information content (AvgIpc) is 3.27. The Morgan fingerprint density at radius 3 is 2.71 bits per heavy atom. The first-order valence-electron chi connectivity index (χ1n) is 10.7. The molecule has 1 saturated heterocycles. The molecule has 2 atom stereocenters. The van der Waals surface area contributed by atoms with Crippen molar-refractivity contribution in [1.82, 2.24) is 4.90 Å². The maximum absolute atomic E-state index is 13.2. The van der Waals surface area contributed by atoms with Crippen LogP contribution in [0.1, 0.15) is 35.7 Å². The summed E-state index contributed by atoms with van der Waals surface area (Å²) in [5.41, 5.74) is 1.47. The number of hydrogen-bond acceptors (Lipinski definition) is 6. The number of rotatable bonds is 12. The number of ether oxygens (including phenoxy) is 3. The van der Waals surface area contributed by atoms with Crippen LogP contribution in [0.15, 0.2) is 42.5 Å². The van der Waals surface area contributed by atoms with Crippen molar-refractivity contribution < 1.29 is 28.5 Å². The van der Waals surface area contributed by atoms with E-state index in [4.69, 9.17) is 14.2 Å². The quantitative estimate of drug-likeness (QED) is 0.519. The van der Waals surface area contributed by atoms with Gasteiger partial charge in [-0.2, -0.15) is 0 Å². The van der Waals surface area contributed by atoms with Crippen LogP contribution in [0.4, 0.5) is 4.39 Å². The van der Waals surface area contributed by atoms with Crippen molar-refractivity contribution in [1.29, 1.82) is 0 Å². The first-order chi connectivity index (χ1) is 15.1. The third-order valence-electron chi connectivity index (χ3n) is 5.11. The summed E-state index contributed by atoms with van der Waals surface area (Å²) in [6, 6.07) is 11.3. The minimum Gasteiger partial charge on any atom is -0.490 e. The van der Waals surface area contributed by atoms with Gasteiger partial charge in [-0.05, 0) is 55.7 Å². The summed E-state index contributed by atoms with van der Waals surface area (Å²) in [7, 11) is 0. The number of aliphatic hydroxyl groups excluding tert-OH is 1. The summed E-state index contributed by atoms with van der Waals surface area (Å²) in [5.74, 6) is 0.686. The van der Waals surface area contributed by atoms with Gasteiger partial charge in [0.05, 0.1) is 12.7 Å². The number of aldehydes is 1. The van der Waals surface area contributed by atoms with Crippen LogP contribution in [0.3, 0.4) is 0 Å². The molecule has 31 heavy (non-hydrogen) atoms. The summed E-state index contributed by atoms with van der Waals surface area (Å²) in [5, 5.41) is 10.6. The lowest BCUT2D eigenvalue weighted by molar-refractivity contribution is 0.0309. The zero-order valence-corrected chi connectivity index (χ0v) is 17.8. The fourth-order valence-corrected chi connectivity index (χ4v) is 3.65. The molecular weight excluding hydrogens is 401 g/mol. The van der Waals surface area contributed by atoms with Gasteiger partial charge in [-0.15, -0.1) is 0 Å². The molecule has 0 amide bonds. The van der Waals surface area contributed by atoms with E-state index in [1.54, 1.807) is 30.3 Å². The van der Waals surface area contributed by atoms with E-state index in [1.807, 2.05) is 6.92 Å². The summed E-state index contributed by atoms with van der Waals surface area (Å²) in [6.45, 7) is 4.78. The Morgan fingerprint density at radius 1 is 1.23 bits per heavy atom. The third-order valence-corrected chi connectivity index (χ3v) is 5.11. The number of nitrogens with zero attached hydrogens (tertiary/aromatic N) is 1. The molecule has 0 bridgehead atoms. The van der Waals surface area contributed by atoms with E-state index >= 15 is 0 Å². The van der Waals surface area contributed by atoms with Gasteiger partial charge in [-0.25, -0.2) is 4.39 Å². The fraction of sp³-hybridized carbons (Fsp3) is 0.458. The van der Waals surface area contributed by atoms with E-state index in [1.165, 1.54) is 12.1 Å².